The Morgan fingerprint density at radius 3 is 2.15 bits per heavy atom. The molecule has 4 aromatic carbocycles. The van der Waals surface area contributed by atoms with Gasteiger partial charge in [-0.05, 0) is 59.7 Å². The summed E-state index contributed by atoms with van der Waals surface area (Å²) in [5.74, 6) is 0. The first-order chi connectivity index (χ1) is 18.4. The average Bonchev–Trinajstić information content (AvgIpc) is 2.88. The van der Waals surface area contributed by atoms with E-state index in [0.717, 1.165) is 18.4 Å². The normalized spacial score (nSPS) is 11.6. The Labute approximate surface area is 224 Å². The van der Waals surface area contributed by atoms with Crippen molar-refractivity contribution in [1.29, 1.82) is 0 Å². The third-order valence-corrected chi connectivity index (χ3v) is 6.91. The molecular weight excluding hydrogens is 529 g/mol. The predicted molar refractivity (Wildman–Crippen MR) is 145 cm³/mol. The molecule has 0 fully saturated rings. The minimum Gasteiger partial charge on any atom is -0.399 e. The lowest BCUT2D eigenvalue weighted by Gasteiger charge is -2.25. The molecule has 2 amide bonds. The van der Waals surface area contributed by atoms with E-state index in [1.165, 1.54) is 23.2 Å². The van der Waals surface area contributed by atoms with Gasteiger partial charge in [0.2, 0.25) is 0 Å². The molecule has 7 nitrogen and oxygen atoms in total. The number of carbonyl (C=O) groups excluding carboxylic acids is 1. The Bertz CT molecular complexity index is 1570. The zero-order valence-corrected chi connectivity index (χ0v) is 21.6. The van der Waals surface area contributed by atoms with Gasteiger partial charge in [-0.15, -0.1) is 0 Å². The molecule has 11 heteroatoms. The molecule has 0 aromatic heterocycles. The fraction of sp³-hybridized carbons (Fsp3) is 0.107. The predicted octanol–water partition coefficient (Wildman–Crippen LogP) is 6.42. The molecule has 0 saturated heterocycles. The number of urea groups is 1. The number of anilines is 3. The third kappa shape index (κ3) is 7.08. The molecule has 39 heavy (non-hydrogen) atoms. The van der Waals surface area contributed by atoms with Crippen LogP contribution in [0.3, 0.4) is 0 Å². The molecule has 202 valence electrons. The molecule has 0 spiro atoms. The number of benzene rings is 4. The van der Waals surface area contributed by atoms with Crippen LogP contribution in [0.1, 0.15) is 11.1 Å². The van der Waals surface area contributed by atoms with Crippen molar-refractivity contribution in [2.75, 3.05) is 22.7 Å². The van der Waals surface area contributed by atoms with Gasteiger partial charge in [0.15, 0.2) is 9.84 Å². The van der Waals surface area contributed by atoms with Gasteiger partial charge in [-0.1, -0.05) is 48.5 Å². The lowest BCUT2D eigenvalue weighted by molar-refractivity contribution is -0.137. The van der Waals surface area contributed by atoms with Crippen molar-refractivity contribution in [3.05, 3.63) is 108 Å². The summed E-state index contributed by atoms with van der Waals surface area (Å²) in [6.45, 7) is -0.0570. The van der Waals surface area contributed by atoms with Gasteiger partial charge in [-0.3, -0.25) is 5.43 Å². The van der Waals surface area contributed by atoms with E-state index in [4.69, 9.17) is 5.73 Å². The maximum Gasteiger partial charge on any atom is 0.416 e. The highest BCUT2D eigenvalue weighted by molar-refractivity contribution is 7.90. The fourth-order valence-electron chi connectivity index (χ4n) is 3.86. The molecule has 0 saturated carbocycles. The molecule has 0 bridgehead atoms. The van der Waals surface area contributed by atoms with Crippen molar-refractivity contribution >= 4 is 32.9 Å². The quantitative estimate of drug-likeness (QED) is 0.181. The van der Waals surface area contributed by atoms with Gasteiger partial charge in [0, 0.05) is 23.2 Å². The summed E-state index contributed by atoms with van der Waals surface area (Å²) in [7, 11) is -3.45. The largest absolute Gasteiger partial charge is 0.416 e. The van der Waals surface area contributed by atoms with Crippen LogP contribution in [-0.2, 0) is 22.6 Å². The van der Waals surface area contributed by atoms with Crippen molar-refractivity contribution in [2.24, 2.45) is 0 Å². The van der Waals surface area contributed by atoms with E-state index in [0.29, 0.717) is 33.8 Å². The van der Waals surface area contributed by atoms with E-state index in [2.05, 4.69) is 10.7 Å². The third-order valence-electron chi connectivity index (χ3n) is 5.75. The first-order valence-electron chi connectivity index (χ1n) is 11.7. The number of hydrazine groups is 1. The van der Waals surface area contributed by atoms with E-state index >= 15 is 0 Å². The Balaban J connectivity index is 1.56. The van der Waals surface area contributed by atoms with E-state index in [1.54, 1.807) is 66.7 Å². The highest BCUT2D eigenvalue weighted by atomic mass is 32.2. The van der Waals surface area contributed by atoms with Crippen LogP contribution in [0.5, 0.6) is 0 Å². The Morgan fingerprint density at radius 1 is 0.872 bits per heavy atom. The first kappa shape index (κ1) is 27.5. The molecule has 0 aliphatic carbocycles. The number of hydrogen-bond acceptors (Lipinski definition) is 5. The summed E-state index contributed by atoms with van der Waals surface area (Å²) in [5.41, 5.74) is 11.0. The zero-order valence-electron chi connectivity index (χ0n) is 20.7. The number of nitrogen functional groups attached to an aromatic ring is 1. The Kier molecular flexibility index (Phi) is 7.82. The second-order valence-electron chi connectivity index (χ2n) is 8.79. The summed E-state index contributed by atoms with van der Waals surface area (Å²) in [6.07, 6.45) is -3.33. The van der Waals surface area contributed by atoms with Crippen LogP contribution in [0, 0.1) is 0 Å². The fourth-order valence-corrected chi connectivity index (χ4v) is 4.77. The van der Waals surface area contributed by atoms with E-state index < -0.39 is 27.6 Å². The van der Waals surface area contributed by atoms with Gasteiger partial charge >= 0.3 is 12.2 Å². The number of carbonyl (C=O) groups is 1. The van der Waals surface area contributed by atoms with Gasteiger partial charge in [-0.2, -0.15) is 13.2 Å². The van der Waals surface area contributed by atoms with Crippen LogP contribution in [0.2, 0.25) is 0 Å². The van der Waals surface area contributed by atoms with Crippen LogP contribution >= 0.6 is 0 Å². The van der Waals surface area contributed by atoms with Crippen LogP contribution in [0.15, 0.2) is 102 Å². The van der Waals surface area contributed by atoms with Crippen LogP contribution in [-0.4, -0.2) is 25.7 Å². The summed E-state index contributed by atoms with van der Waals surface area (Å²) < 4.78 is 63.2. The number of amides is 2. The van der Waals surface area contributed by atoms with Gasteiger partial charge in [0.05, 0.1) is 22.7 Å². The van der Waals surface area contributed by atoms with Crippen LogP contribution in [0.25, 0.3) is 11.1 Å². The highest BCUT2D eigenvalue weighted by Gasteiger charge is 2.30. The van der Waals surface area contributed by atoms with Crippen molar-refractivity contribution in [3.8, 4) is 11.1 Å². The van der Waals surface area contributed by atoms with E-state index in [1.807, 2.05) is 0 Å². The van der Waals surface area contributed by atoms with Gasteiger partial charge < -0.3 is 11.1 Å². The summed E-state index contributed by atoms with van der Waals surface area (Å²) in [6, 6.07) is 23.9. The zero-order chi connectivity index (χ0) is 28.2. The second kappa shape index (κ2) is 11.1. The van der Waals surface area contributed by atoms with Crippen LogP contribution < -0.4 is 16.5 Å². The molecule has 4 aromatic rings. The molecular formula is C28H25F3N4O3S. The molecule has 0 heterocycles. The minimum absolute atomic E-state index is 0.0570. The number of hydrogen-bond donors (Lipinski definition) is 3. The van der Waals surface area contributed by atoms with E-state index in [9.17, 15) is 26.4 Å². The van der Waals surface area contributed by atoms with Crippen molar-refractivity contribution in [3.63, 3.8) is 0 Å². The molecule has 0 atom stereocenters. The lowest BCUT2D eigenvalue weighted by atomic mass is 10.1. The molecule has 4 rings (SSSR count). The monoisotopic (exact) mass is 554 g/mol. The number of nitrogens with two attached hydrogens (primary N) is 1. The number of halogens is 3. The number of sulfone groups is 1. The van der Waals surface area contributed by atoms with Gasteiger partial charge in [0.1, 0.15) is 0 Å². The van der Waals surface area contributed by atoms with Crippen molar-refractivity contribution in [1.82, 2.24) is 5.01 Å². The number of nitrogens with zero attached hydrogens (tertiary/aromatic N) is 1. The standard InChI is InChI=1S/C28H25F3N4O3S/c1-39(37,38)26-8-3-2-7-25(26)20-11-15-23(16-12-20)33-27(36)35(34-24-6-4-5-22(32)17-24)18-19-9-13-21(14-10-19)28(29,30)31/h2-17,34H,18,32H2,1H3,(H,33,36). The molecule has 0 aliphatic heterocycles. The molecule has 0 aliphatic rings. The topological polar surface area (TPSA) is 105 Å². The summed E-state index contributed by atoms with van der Waals surface area (Å²) in [4.78, 5) is 13.4. The van der Waals surface area contributed by atoms with Gasteiger partial charge in [-0.25, -0.2) is 18.2 Å². The smallest absolute Gasteiger partial charge is 0.399 e. The van der Waals surface area contributed by atoms with E-state index in [-0.39, 0.29) is 11.4 Å². The van der Waals surface area contributed by atoms with Gasteiger partial charge in [0.25, 0.3) is 0 Å². The molecule has 0 unspecified atom stereocenters. The number of alkyl halides is 3. The summed E-state index contributed by atoms with van der Waals surface area (Å²) >= 11 is 0. The lowest BCUT2D eigenvalue weighted by Crippen LogP contribution is -2.39. The Hall–Kier alpha value is -4.51. The van der Waals surface area contributed by atoms with Crippen molar-refractivity contribution < 1.29 is 26.4 Å². The average molecular weight is 555 g/mol. The minimum atomic E-state index is -4.47. The van der Waals surface area contributed by atoms with Crippen LogP contribution in [0.4, 0.5) is 35.0 Å². The first-order valence-corrected chi connectivity index (χ1v) is 13.6. The maximum atomic E-state index is 13.2. The Morgan fingerprint density at radius 2 is 1.54 bits per heavy atom. The van der Waals surface area contributed by atoms with Crippen molar-refractivity contribution in [2.45, 2.75) is 17.6 Å². The number of nitrogens with one attached hydrogen (secondary N) is 2. The SMILES string of the molecule is CS(=O)(=O)c1ccccc1-c1ccc(NC(=O)N(Cc2ccc(C(F)(F)F)cc2)Nc2cccc(N)c2)cc1. The maximum absolute atomic E-state index is 13.2. The number of rotatable bonds is 7. The molecule has 4 N–H and O–H groups in total. The highest BCUT2D eigenvalue weighted by Crippen LogP contribution is 2.30. The second-order valence-corrected chi connectivity index (χ2v) is 10.8. The molecule has 0 radical (unpaired) electrons. The summed E-state index contributed by atoms with van der Waals surface area (Å²) in [5, 5.41) is 3.96.